The SMILES string of the molecule is C=CCOC(=O)Oc1c(CC)c(C)cn1S(=O)(=O)c1ccc(C)cc1. The van der Waals surface area contributed by atoms with Gasteiger partial charge in [-0.25, -0.2) is 17.2 Å². The van der Waals surface area contributed by atoms with Crippen LogP contribution in [0.1, 0.15) is 23.6 Å². The lowest BCUT2D eigenvalue weighted by Crippen LogP contribution is -2.18. The van der Waals surface area contributed by atoms with Crippen LogP contribution in [-0.4, -0.2) is 25.2 Å². The van der Waals surface area contributed by atoms with Crippen molar-refractivity contribution in [3.63, 3.8) is 0 Å². The number of nitrogens with zero attached hydrogens (tertiary/aromatic N) is 1. The van der Waals surface area contributed by atoms with Gasteiger partial charge >= 0.3 is 6.16 Å². The Morgan fingerprint density at radius 1 is 1.24 bits per heavy atom. The van der Waals surface area contributed by atoms with E-state index in [1.807, 2.05) is 13.8 Å². The smallest absolute Gasteiger partial charge is 0.430 e. The molecule has 0 bridgehead atoms. The number of rotatable bonds is 6. The highest BCUT2D eigenvalue weighted by Gasteiger charge is 2.26. The molecular formula is C18H21NO5S. The van der Waals surface area contributed by atoms with Gasteiger partial charge in [0.25, 0.3) is 10.0 Å². The highest BCUT2D eigenvalue weighted by molar-refractivity contribution is 7.90. The second-order valence-electron chi connectivity index (χ2n) is 5.52. The van der Waals surface area contributed by atoms with Crippen LogP contribution in [0.4, 0.5) is 4.79 Å². The normalized spacial score (nSPS) is 11.2. The molecule has 25 heavy (non-hydrogen) atoms. The van der Waals surface area contributed by atoms with Gasteiger partial charge in [-0.2, -0.15) is 0 Å². The fraction of sp³-hybridized carbons (Fsp3) is 0.278. The Hall–Kier alpha value is -2.54. The zero-order valence-electron chi connectivity index (χ0n) is 14.5. The number of hydrogen-bond donors (Lipinski definition) is 0. The highest BCUT2D eigenvalue weighted by Crippen LogP contribution is 2.30. The molecular weight excluding hydrogens is 342 g/mol. The molecule has 2 aromatic rings. The van der Waals surface area contributed by atoms with Crippen LogP contribution >= 0.6 is 0 Å². The third kappa shape index (κ3) is 3.93. The Labute approximate surface area is 147 Å². The summed E-state index contributed by atoms with van der Waals surface area (Å²) in [4.78, 5) is 11.9. The molecule has 0 unspecified atom stereocenters. The third-order valence-corrected chi connectivity index (χ3v) is 5.33. The summed E-state index contributed by atoms with van der Waals surface area (Å²) < 4.78 is 36.9. The summed E-state index contributed by atoms with van der Waals surface area (Å²) in [5.74, 6) is -0.0466. The maximum absolute atomic E-state index is 13.0. The Balaban J connectivity index is 2.51. The maximum atomic E-state index is 13.0. The van der Waals surface area contributed by atoms with E-state index in [1.165, 1.54) is 24.4 Å². The average Bonchev–Trinajstić information content (AvgIpc) is 2.89. The summed E-state index contributed by atoms with van der Waals surface area (Å²) in [7, 11) is -3.90. The van der Waals surface area contributed by atoms with Crippen LogP contribution in [0.5, 0.6) is 5.88 Å². The van der Waals surface area contributed by atoms with E-state index in [4.69, 9.17) is 9.47 Å². The first-order chi connectivity index (χ1) is 11.8. The lowest BCUT2D eigenvalue weighted by molar-refractivity contribution is 0.107. The molecule has 7 heteroatoms. The maximum Gasteiger partial charge on any atom is 0.515 e. The van der Waals surface area contributed by atoms with Crippen molar-refractivity contribution in [3.05, 3.63) is 59.8 Å². The summed E-state index contributed by atoms with van der Waals surface area (Å²) >= 11 is 0. The fourth-order valence-corrected chi connectivity index (χ4v) is 3.76. The molecule has 0 aliphatic heterocycles. The van der Waals surface area contributed by atoms with Gasteiger partial charge in [-0.1, -0.05) is 37.3 Å². The fourth-order valence-electron chi connectivity index (χ4n) is 2.39. The van der Waals surface area contributed by atoms with Crippen molar-refractivity contribution < 1.29 is 22.7 Å². The monoisotopic (exact) mass is 363 g/mol. The molecule has 6 nitrogen and oxygen atoms in total. The van der Waals surface area contributed by atoms with Crippen LogP contribution in [-0.2, 0) is 21.2 Å². The van der Waals surface area contributed by atoms with Gasteiger partial charge in [0, 0.05) is 11.8 Å². The van der Waals surface area contributed by atoms with Crippen molar-refractivity contribution >= 4 is 16.2 Å². The third-order valence-electron chi connectivity index (χ3n) is 3.68. The van der Waals surface area contributed by atoms with Gasteiger partial charge < -0.3 is 9.47 Å². The summed E-state index contributed by atoms with van der Waals surface area (Å²) in [6.07, 6.45) is 2.37. The van der Waals surface area contributed by atoms with Crippen molar-refractivity contribution in [1.82, 2.24) is 3.97 Å². The van der Waals surface area contributed by atoms with Crippen LogP contribution in [0.15, 0.2) is 48.0 Å². The average molecular weight is 363 g/mol. The molecule has 0 saturated heterocycles. The number of aryl methyl sites for hydroxylation is 2. The second kappa shape index (κ2) is 7.57. The molecule has 0 radical (unpaired) electrons. The van der Waals surface area contributed by atoms with E-state index in [9.17, 15) is 13.2 Å². The summed E-state index contributed by atoms with van der Waals surface area (Å²) in [6.45, 7) is 8.91. The predicted octanol–water partition coefficient (Wildman–Crippen LogP) is 3.61. The van der Waals surface area contributed by atoms with Crippen LogP contribution in [0.3, 0.4) is 0 Å². The number of ether oxygens (including phenoxy) is 2. The molecule has 0 aliphatic carbocycles. The summed E-state index contributed by atoms with van der Waals surface area (Å²) in [6, 6.07) is 6.46. The lowest BCUT2D eigenvalue weighted by Gasteiger charge is -2.12. The van der Waals surface area contributed by atoms with Crippen molar-refractivity contribution in [2.24, 2.45) is 0 Å². The Morgan fingerprint density at radius 2 is 1.88 bits per heavy atom. The number of carbonyl (C=O) groups excluding carboxylic acids is 1. The summed E-state index contributed by atoms with van der Waals surface area (Å²) in [5.41, 5.74) is 2.29. The number of carbonyl (C=O) groups is 1. The molecule has 1 aromatic carbocycles. The Bertz CT molecular complexity index is 879. The molecule has 0 fully saturated rings. The van der Waals surface area contributed by atoms with E-state index in [-0.39, 0.29) is 17.4 Å². The molecule has 0 saturated carbocycles. The molecule has 2 rings (SSSR count). The van der Waals surface area contributed by atoms with Gasteiger partial charge in [0.05, 0.1) is 4.90 Å². The Morgan fingerprint density at radius 3 is 2.44 bits per heavy atom. The number of aromatic nitrogens is 1. The van der Waals surface area contributed by atoms with Gasteiger partial charge in [0.2, 0.25) is 5.88 Å². The first-order valence-electron chi connectivity index (χ1n) is 7.79. The van der Waals surface area contributed by atoms with Gasteiger partial charge in [0.1, 0.15) is 6.61 Å². The summed E-state index contributed by atoms with van der Waals surface area (Å²) in [5, 5.41) is 0. The quantitative estimate of drug-likeness (QED) is 0.579. The van der Waals surface area contributed by atoms with E-state index in [1.54, 1.807) is 19.1 Å². The number of benzene rings is 1. The van der Waals surface area contributed by atoms with Crippen molar-refractivity contribution in [3.8, 4) is 5.88 Å². The van der Waals surface area contributed by atoms with Crippen molar-refractivity contribution in [2.75, 3.05) is 6.61 Å². The van der Waals surface area contributed by atoms with Gasteiger partial charge in [0.15, 0.2) is 0 Å². The standard InChI is InChI=1S/C18H21NO5S/c1-5-11-23-18(20)24-17-16(6-2)14(4)12-19(17)25(21,22)15-9-7-13(3)8-10-15/h5,7-10,12H,1,6,11H2,2-4H3. The minimum absolute atomic E-state index is 0.0231. The van der Waals surface area contributed by atoms with Crippen molar-refractivity contribution in [1.29, 1.82) is 0 Å². The molecule has 0 spiro atoms. The molecule has 0 atom stereocenters. The molecule has 134 valence electrons. The predicted molar refractivity (Wildman–Crippen MR) is 94.5 cm³/mol. The van der Waals surface area contributed by atoms with E-state index in [0.29, 0.717) is 17.5 Å². The number of hydrogen-bond acceptors (Lipinski definition) is 5. The molecule has 1 aromatic heterocycles. The zero-order chi connectivity index (χ0) is 18.6. The van der Waals surface area contributed by atoms with Crippen LogP contribution in [0, 0.1) is 13.8 Å². The van der Waals surface area contributed by atoms with Crippen LogP contribution in [0.2, 0.25) is 0 Å². The van der Waals surface area contributed by atoms with E-state index < -0.39 is 16.2 Å². The minimum Gasteiger partial charge on any atom is -0.430 e. The molecule has 0 aliphatic rings. The molecule has 0 amide bonds. The van der Waals surface area contributed by atoms with Crippen molar-refractivity contribution in [2.45, 2.75) is 32.1 Å². The van der Waals surface area contributed by atoms with E-state index in [2.05, 4.69) is 6.58 Å². The van der Waals surface area contributed by atoms with Crippen LogP contribution < -0.4 is 4.74 Å². The van der Waals surface area contributed by atoms with Crippen LogP contribution in [0.25, 0.3) is 0 Å². The lowest BCUT2D eigenvalue weighted by atomic mass is 10.2. The minimum atomic E-state index is -3.90. The second-order valence-corrected chi connectivity index (χ2v) is 7.33. The Kier molecular flexibility index (Phi) is 5.69. The van der Waals surface area contributed by atoms with Gasteiger partial charge in [-0.15, -0.1) is 0 Å². The highest BCUT2D eigenvalue weighted by atomic mass is 32.2. The van der Waals surface area contributed by atoms with E-state index in [0.717, 1.165) is 9.54 Å². The zero-order valence-corrected chi connectivity index (χ0v) is 15.3. The van der Waals surface area contributed by atoms with E-state index >= 15 is 0 Å². The molecule has 0 N–H and O–H groups in total. The first kappa shape index (κ1) is 18.8. The van der Waals surface area contributed by atoms with Gasteiger partial charge in [-0.3, -0.25) is 0 Å². The first-order valence-corrected chi connectivity index (χ1v) is 9.23. The largest absolute Gasteiger partial charge is 0.515 e. The molecule has 1 heterocycles. The van der Waals surface area contributed by atoms with Gasteiger partial charge in [-0.05, 0) is 38.0 Å². The topological polar surface area (TPSA) is 74.6 Å².